The molecule has 0 aliphatic rings. The zero-order valence-corrected chi connectivity index (χ0v) is 16.2. The normalized spacial score (nSPS) is 15.2. The molecule has 2 amide bonds. The van der Waals surface area contributed by atoms with E-state index in [0.29, 0.717) is 12.0 Å². The van der Waals surface area contributed by atoms with Gasteiger partial charge in [-0.15, -0.1) is 0 Å². The van der Waals surface area contributed by atoms with E-state index in [9.17, 15) is 23.9 Å². The minimum absolute atomic E-state index is 0.100. The highest BCUT2D eigenvalue weighted by Gasteiger charge is 2.30. The van der Waals surface area contributed by atoms with Gasteiger partial charge in [-0.1, -0.05) is 12.1 Å². The number of aliphatic hydroxyl groups is 1. The van der Waals surface area contributed by atoms with E-state index in [2.05, 4.69) is 10.6 Å². The van der Waals surface area contributed by atoms with Crippen LogP contribution in [-0.4, -0.2) is 54.0 Å². The summed E-state index contributed by atoms with van der Waals surface area (Å²) in [6, 6.07) is 3.69. The lowest BCUT2D eigenvalue weighted by molar-refractivity contribution is -0.135. The maximum atomic E-state index is 13.4. The number of amides is 2. The van der Waals surface area contributed by atoms with Crippen LogP contribution >= 0.6 is 0 Å². The van der Waals surface area contributed by atoms with E-state index in [4.69, 9.17) is 11.5 Å². The highest BCUT2D eigenvalue weighted by molar-refractivity contribution is 5.92. The molecule has 2 unspecified atom stereocenters. The van der Waals surface area contributed by atoms with Gasteiger partial charge in [0.05, 0.1) is 12.1 Å². The van der Waals surface area contributed by atoms with Crippen LogP contribution in [-0.2, 0) is 20.8 Å². The van der Waals surface area contributed by atoms with Crippen LogP contribution < -0.4 is 22.1 Å². The van der Waals surface area contributed by atoms with Crippen LogP contribution in [0.3, 0.4) is 0 Å². The van der Waals surface area contributed by atoms with Crippen molar-refractivity contribution in [2.45, 2.75) is 44.9 Å². The van der Waals surface area contributed by atoms with Crippen molar-refractivity contribution in [3.8, 4) is 0 Å². The monoisotopic (exact) mass is 396 g/mol. The zero-order valence-electron chi connectivity index (χ0n) is 16.2. The van der Waals surface area contributed by atoms with Gasteiger partial charge in [-0.3, -0.25) is 14.4 Å². The van der Waals surface area contributed by atoms with Crippen molar-refractivity contribution < 1.29 is 23.9 Å². The Morgan fingerprint density at radius 1 is 1.18 bits per heavy atom. The largest absolute Gasteiger partial charge is 0.391 e. The number of ketones is 1. The molecule has 0 bridgehead atoms. The maximum absolute atomic E-state index is 13.4. The number of aliphatic hydroxyl groups excluding tert-OH is 1. The van der Waals surface area contributed by atoms with E-state index in [0.717, 1.165) is 0 Å². The molecule has 1 rings (SSSR count). The fourth-order valence-electron chi connectivity index (χ4n) is 2.74. The lowest BCUT2D eigenvalue weighted by Gasteiger charge is -2.25. The van der Waals surface area contributed by atoms with Crippen LogP contribution in [0.15, 0.2) is 24.3 Å². The number of carbonyl (C=O) groups is 3. The Kier molecular flexibility index (Phi) is 9.70. The predicted octanol–water partition coefficient (Wildman–Crippen LogP) is -0.769. The fraction of sp³-hybridized carbons (Fsp3) is 0.526. The van der Waals surface area contributed by atoms with Crippen LogP contribution in [0.2, 0.25) is 0 Å². The van der Waals surface area contributed by atoms with Gasteiger partial charge in [-0.25, -0.2) is 4.39 Å². The number of nitrogens with two attached hydrogens (primary N) is 2. The minimum atomic E-state index is -1.27. The molecule has 0 aliphatic carbocycles. The van der Waals surface area contributed by atoms with Gasteiger partial charge < -0.3 is 27.2 Å². The van der Waals surface area contributed by atoms with Crippen molar-refractivity contribution in [1.82, 2.24) is 10.6 Å². The molecular weight excluding hydrogens is 367 g/mol. The quantitative estimate of drug-likeness (QED) is 0.332. The third-order valence-corrected chi connectivity index (χ3v) is 4.36. The average molecular weight is 396 g/mol. The number of nitrogens with one attached hydrogen (secondary N) is 2. The summed E-state index contributed by atoms with van der Waals surface area (Å²) in [7, 11) is 0. The minimum Gasteiger partial charge on any atom is -0.391 e. The van der Waals surface area contributed by atoms with Crippen molar-refractivity contribution >= 4 is 17.6 Å². The summed E-state index contributed by atoms with van der Waals surface area (Å²) in [5.74, 6) is -2.57. The summed E-state index contributed by atoms with van der Waals surface area (Å²) < 4.78 is 13.4. The predicted molar refractivity (Wildman–Crippen MR) is 103 cm³/mol. The number of benzene rings is 1. The molecule has 0 heterocycles. The van der Waals surface area contributed by atoms with Gasteiger partial charge in [0.25, 0.3) is 0 Å². The second-order valence-electron chi connectivity index (χ2n) is 6.74. The topological polar surface area (TPSA) is 148 Å². The third-order valence-electron chi connectivity index (χ3n) is 4.36. The van der Waals surface area contributed by atoms with Crippen molar-refractivity contribution in [3.05, 3.63) is 35.6 Å². The van der Waals surface area contributed by atoms with Crippen LogP contribution in [0, 0.1) is 11.7 Å². The fourth-order valence-corrected chi connectivity index (χ4v) is 2.74. The molecule has 7 N–H and O–H groups in total. The van der Waals surface area contributed by atoms with Crippen molar-refractivity contribution in [2.24, 2.45) is 17.4 Å². The Morgan fingerprint density at radius 3 is 2.36 bits per heavy atom. The van der Waals surface area contributed by atoms with Crippen molar-refractivity contribution in [2.75, 3.05) is 13.1 Å². The highest BCUT2D eigenvalue weighted by atomic mass is 19.1. The molecule has 0 aromatic heterocycles. The molecule has 0 fully saturated rings. The lowest BCUT2D eigenvalue weighted by Crippen LogP contribution is -2.57. The van der Waals surface area contributed by atoms with E-state index >= 15 is 0 Å². The summed E-state index contributed by atoms with van der Waals surface area (Å²) in [5.41, 5.74) is 11.7. The molecule has 0 radical (unpaired) electrons. The first-order chi connectivity index (χ1) is 13.2. The summed E-state index contributed by atoms with van der Waals surface area (Å²) in [6.45, 7) is 2.75. The van der Waals surface area contributed by atoms with E-state index < -0.39 is 41.7 Å². The first kappa shape index (κ1) is 23.7. The molecule has 0 saturated carbocycles. The summed E-state index contributed by atoms with van der Waals surface area (Å²) in [5, 5.41) is 14.8. The number of hydrogen-bond acceptors (Lipinski definition) is 6. The molecule has 156 valence electrons. The number of halogens is 1. The second kappa shape index (κ2) is 11.5. The van der Waals surface area contributed by atoms with Crippen LogP contribution in [0.4, 0.5) is 4.39 Å². The standard InChI is InChI=1S/C19H29FN4O4/c1-11(25)16(10-22)23-19(28)17(12(2)26)24-18(27)14(6-7-21)8-13-4-3-5-15(20)9-13/h3-5,9,12,14,16-17,26H,6-8,10,21-22H2,1-2H3,(H,23,28)(H,24,27)/t12?,14?,16-,17-/m0/s1. The first-order valence-corrected chi connectivity index (χ1v) is 9.13. The number of Topliss-reactive ketones (excluding diaryl/α,β-unsaturated/α-hetero) is 1. The van der Waals surface area contributed by atoms with Gasteiger partial charge in [0.2, 0.25) is 11.8 Å². The summed E-state index contributed by atoms with van der Waals surface area (Å²) >= 11 is 0. The number of rotatable bonds is 11. The Labute approximate surface area is 163 Å². The van der Waals surface area contributed by atoms with Crippen LogP contribution in [0.25, 0.3) is 0 Å². The van der Waals surface area contributed by atoms with Crippen LogP contribution in [0.1, 0.15) is 25.8 Å². The lowest BCUT2D eigenvalue weighted by atomic mass is 9.94. The molecule has 8 nitrogen and oxygen atoms in total. The van der Waals surface area contributed by atoms with Gasteiger partial charge in [0.1, 0.15) is 11.9 Å². The van der Waals surface area contributed by atoms with Gasteiger partial charge in [-0.05, 0) is 50.9 Å². The van der Waals surface area contributed by atoms with Gasteiger partial charge in [-0.2, -0.15) is 0 Å². The molecular formula is C19H29FN4O4. The highest BCUT2D eigenvalue weighted by Crippen LogP contribution is 2.14. The van der Waals surface area contributed by atoms with Crippen LogP contribution in [0.5, 0.6) is 0 Å². The molecule has 0 saturated heterocycles. The van der Waals surface area contributed by atoms with Gasteiger partial charge in [0, 0.05) is 12.5 Å². The Bertz CT molecular complexity index is 684. The second-order valence-corrected chi connectivity index (χ2v) is 6.74. The van der Waals surface area contributed by atoms with Crippen molar-refractivity contribution in [3.63, 3.8) is 0 Å². The summed E-state index contributed by atoms with van der Waals surface area (Å²) in [4.78, 5) is 36.6. The molecule has 1 aromatic rings. The van der Waals surface area contributed by atoms with E-state index in [-0.39, 0.29) is 25.3 Å². The van der Waals surface area contributed by atoms with E-state index in [1.807, 2.05) is 0 Å². The summed E-state index contributed by atoms with van der Waals surface area (Å²) in [6.07, 6.45) is -0.662. The third kappa shape index (κ3) is 7.34. The molecule has 1 aromatic carbocycles. The molecule has 9 heteroatoms. The van der Waals surface area contributed by atoms with E-state index in [1.54, 1.807) is 12.1 Å². The first-order valence-electron chi connectivity index (χ1n) is 9.13. The molecule has 0 aliphatic heterocycles. The number of carbonyl (C=O) groups excluding carboxylic acids is 3. The van der Waals surface area contributed by atoms with Gasteiger partial charge in [0.15, 0.2) is 5.78 Å². The van der Waals surface area contributed by atoms with Gasteiger partial charge >= 0.3 is 0 Å². The molecule has 4 atom stereocenters. The average Bonchev–Trinajstić information content (AvgIpc) is 2.62. The Hall–Kier alpha value is -2.36. The zero-order chi connectivity index (χ0) is 21.3. The smallest absolute Gasteiger partial charge is 0.245 e. The molecule has 0 spiro atoms. The molecule has 28 heavy (non-hydrogen) atoms. The Morgan fingerprint density at radius 2 is 1.86 bits per heavy atom. The SMILES string of the molecule is CC(=O)[C@H](CN)NC(=O)[C@@H](NC(=O)C(CCN)Cc1cccc(F)c1)C(C)O. The Balaban J connectivity index is 2.88. The maximum Gasteiger partial charge on any atom is 0.245 e. The van der Waals surface area contributed by atoms with E-state index in [1.165, 1.54) is 26.0 Å². The van der Waals surface area contributed by atoms with Crippen molar-refractivity contribution in [1.29, 1.82) is 0 Å². The number of hydrogen-bond donors (Lipinski definition) is 5.